The van der Waals surface area contributed by atoms with Crippen molar-refractivity contribution in [3.63, 3.8) is 0 Å². The summed E-state index contributed by atoms with van der Waals surface area (Å²) >= 11 is 0. The largest absolute Gasteiger partial charge is 0.495 e. The molecule has 1 aromatic rings. The van der Waals surface area contributed by atoms with Gasteiger partial charge in [-0.2, -0.15) is 0 Å². The average molecular weight is 247 g/mol. The van der Waals surface area contributed by atoms with Gasteiger partial charge in [0.2, 0.25) is 0 Å². The van der Waals surface area contributed by atoms with Crippen LogP contribution in [-0.4, -0.2) is 13.2 Å². The second-order valence-corrected chi connectivity index (χ2v) is 6.45. The molecule has 0 aliphatic heterocycles. The van der Waals surface area contributed by atoms with Gasteiger partial charge in [0.25, 0.3) is 0 Å². The Morgan fingerprint density at radius 1 is 1.22 bits per heavy atom. The van der Waals surface area contributed by atoms with Crippen molar-refractivity contribution in [2.45, 2.75) is 46.1 Å². The van der Waals surface area contributed by atoms with E-state index in [4.69, 9.17) is 4.74 Å². The first-order chi connectivity index (χ1) is 8.50. The lowest BCUT2D eigenvalue weighted by Gasteiger charge is -2.39. The average Bonchev–Trinajstić information content (AvgIpc) is 2.27. The van der Waals surface area contributed by atoms with Crippen LogP contribution in [-0.2, 0) is 0 Å². The van der Waals surface area contributed by atoms with E-state index >= 15 is 0 Å². The number of anilines is 1. The quantitative estimate of drug-likeness (QED) is 0.858. The Morgan fingerprint density at radius 3 is 2.61 bits per heavy atom. The Hall–Kier alpha value is -1.18. The van der Waals surface area contributed by atoms with Crippen LogP contribution in [0.1, 0.15) is 40.0 Å². The van der Waals surface area contributed by atoms with Gasteiger partial charge in [0.05, 0.1) is 12.8 Å². The van der Waals surface area contributed by atoms with Gasteiger partial charge in [0, 0.05) is 6.04 Å². The molecule has 2 nitrogen and oxygen atoms in total. The van der Waals surface area contributed by atoms with Gasteiger partial charge >= 0.3 is 0 Å². The van der Waals surface area contributed by atoms with Crippen molar-refractivity contribution >= 4 is 5.69 Å². The third kappa shape index (κ3) is 3.18. The molecule has 1 aliphatic carbocycles. The Labute approximate surface area is 111 Å². The molecule has 1 saturated carbocycles. The van der Waals surface area contributed by atoms with Gasteiger partial charge in [-0.25, -0.2) is 0 Å². The maximum Gasteiger partial charge on any atom is 0.141 e. The van der Waals surface area contributed by atoms with Crippen LogP contribution >= 0.6 is 0 Å². The highest BCUT2D eigenvalue weighted by Crippen LogP contribution is 2.40. The van der Waals surface area contributed by atoms with Crippen molar-refractivity contribution < 1.29 is 4.74 Å². The van der Waals surface area contributed by atoms with Crippen molar-refractivity contribution in [3.8, 4) is 5.75 Å². The molecule has 1 aliphatic rings. The fraction of sp³-hybridized carbons (Fsp3) is 0.625. The first-order valence-corrected chi connectivity index (χ1v) is 6.90. The molecule has 1 aromatic carbocycles. The van der Waals surface area contributed by atoms with E-state index in [0.29, 0.717) is 11.5 Å². The third-order valence-corrected chi connectivity index (χ3v) is 3.85. The number of benzene rings is 1. The van der Waals surface area contributed by atoms with Crippen LogP contribution in [0.2, 0.25) is 0 Å². The second-order valence-electron chi connectivity index (χ2n) is 6.45. The van der Waals surface area contributed by atoms with Gasteiger partial charge in [-0.3, -0.25) is 0 Å². The summed E-state index contributed by atoms with van der Waals surface area (Å²) in [7, 11) is 1.73. The van der Waals surface area contributed by atoms with Crippen molar-refractivity contribution in [2.24, 2.45) is 11.3 Å². The molecule has 2 heteroatoms. The van der Waals surface area contributed by atoms with E-state index in [-0.39, 0.29) is 0 Å². The summed E-state index contributed by atoms with van der Waals surface area (Å²) in [5, 5.41) is 3.66. The first-order valence-electron chi connectivity index (χ1n) is 6.90. The highest BCUT2D eigenvalue weighted by molar-refractivity contribution is 5.56. The van der Waals surface area contributed by atoms with Crippen molar-refractivity contribution in [2.75, 3.05) is 12.4 Å². The fourth-order valence-electron chi connectivity index (χ4n) is 3.44. The molecule has 0 bridgehead atoms. The molecule has 0 saturated heterocycles. The predicted octanol–water partition coefficient (Wildman–Crippen LogP) is 4.32. The summed E-state index contributed by atoms with van der Waals surface area (Å²) in [6.07, 6.45) is 3.81. The van der Waals surface area contributed by atoms with E-state index in [0.717, 1.165) is 17.4 Å². The maximum atomic E-state index is 5.40. The Morgan fingerprint density at radius 2 is 1.94 bits per heavy atom. The molecule has 0 spiro atoms. The number of ether oxygens (including phenoxy) is 1. The molecule has 0 radical (unpaired) electrons. The Kier molecular flexibility index (Phi) is 3.84. The van der Waals surface area contributed by atoms with E-state index in [1.54, 1.807) is 7.11 Å². The zero-order valence-corrected chi connectivity index (χ0v) is 12.0. The topological polar surface area (TPSA) is 21.3 Å². The van der Waals surface area contributed by atoms with Gasteiger partial charge in [-0.05, 0) is 42.7 Å². The zero-order chi connectivity index (χ0) is 13.2. The summed E-state index contributed by atoms with van der Waals surface area (Å²) in [4.78, 5) is 0. The normalized spacial score (nSPS) is 26.7. The van der Waals surface area contributed by atoms with Gasteiger partial charge in [0.1, 0.15) is 5.75 Å². The van der Waals surface area contributed by atoms with E-state index in [1.165, 1.54) is 19.3 Å². The molecule has 2 unspecified atom stereocenters. The molecular formula is C16H25NO. The molecule has 0 heterocycles. The van der Waals surface area contributed by atoms with E-state index in [9.17, 15) is 0 Å². The lowest BCUT2D eigenvalue weighted by atomic mass is 9.70. The van der Waals surface area contributed by atoms with Crippen LogP contribution in [0.4, 0.5) is 5.69 Å². The standard InChI is InChI=1S/C16H25NO/c1-12-9-13(11-16(2,3)10-12)17-14-7-5-6-8-15(14)18-4/h5-8,12-13,17H,9-11H2,1-4H3. The minimum absolute atomic E-state index is 0.442. The zero-order valence-electron chi connectivity index (χ0n) is 12.0. The third-order valence-electron chi connectivity index (χ3n) is 3.85. The minimum atomic E-state index is 0.442. The molecule has 100 valence electrons. The number of hydrogen-bond donors (Lipinski definition) is 1. The predicted molar refractivity (Wildman–Crippen MR) is 77.2 cm³/mol. The van der Waals surface area contributed by atoms with Crippen LogP contribution < -0.4 is 10.1 Å². The van der Waals surface area contributed by atoms with Gasteiger partial charge in [-0.15, -0.1) is 0 Å². The second kappa shape index (κ2) is 5.21. The lowest BCUT2D eigenvalue weighted by Crippen LogP contribution is -2.35. The van der Waals surface area contributed by atoms with Crippen LogP contribution in [0.15, 0.2) is 24.3 Å². The highest BCUT2D eigenvalue weighted by Gasteiger charge is 2.32. The van der Waals surface area contributed by atoms with Gasteiger partial charge < -0.3 is 10.1 Å². The molecule has 2 atom stereocenters. The molecule has 1 N–H and O–H groups in total. The van der Waals surface area contributed by atoms with Gasteiger partial charge in [0.15, 0.2) is 0 Å². The van der Waals surface area contributed by atoms with Crippen LogP contribution in [0.25, 0.3) is 0 Å². The van der Waals surface area contributed by atoms with E-state index < -0.39 is 0 Å². The first kappa shape index (κ1) is 13.3. The van der Waals surface area contributed by atoms with E-state index in [2.05, 4.69) is 38.2 Å². The maximum absolute atomic E-state index is 5.40. The smallest absolute Gasteiger partial charge is 0.141 e. The number of methoxy groups -OCH3 is 1. The molecule has 2 rings (SSSR count). The van der Waals surface area contributed by atoms with Crippen molar-refractivity contribution in [1.82, 2.24) is 0 Å². The van der Waals surface area contributed by atoms with Gasteiger partial charge in [-0.1, -0.05) is 32.9 Å². The summed E-state index contributed by atoms with van der Waals surface area (Å²) in [5.74, 6) is 1.73. The molecular weight excluding hydrogens is 222 g/mol. The monoisotopic (exact) mass is 247 g/mol. The number of hydrogen-bond acceptors (Lipinski definition) is 2. The summed E-state index contributed by atoms with van der Waals surface area (Å²) in [6.45, 7) is 7.11. The lowest BCUT2D eigenvalue weighted by molar-refractivity contribution is 0.178. The Bertz CT molecular complexity index is 400. The number of rotatable bonds is 3. The number of para-hydroxylation sites is 2. The minimum Gasteiger partial charge on any atom is -0.495 e. The fourth-order valence-corrected chi connectivity index (χ4v) is 3.44. The molecule has 0 aromatic heterocycles. The molecule has 0 amide bonds. The van der Waals surface area contributed by atoms with Crippen LogP contribution in [0.3, 0.4) is 0 Å². The summed E-state index contributed by atoms with van der Waals surface area (Å²) in [6, 6.07) is 8.74. The van der Waals surface area contributed by atoms with Crippen molar-refractivity contribution in [3.05, 3.63) is 24.3 Å². The number of nitrogens with one attached hydrogen (secondary N) is 1. The van der Waals surface area contributed by atoms with Crippen LogP contribution in [0, 0.1) is 11.3 Å². The summed E-state index contributed by atoms with van der Waals surface area (Å²) in [5.41, 5.74) is 1.56. The highest BCUT2D eigenvalue weighted by atomic mass is 16.5. The molecule has 1 fully saturated rings. The van der Waals surface area contributed by atoms with Crippen LogP contribution in [0.5, 0.6) is 5.75 Å². The van der Waals surface area contributed by atoms with E-state index in [1.807, 2.05) is 12.1 Å². The summed E-state index contributed by atoms with van der Waals surface area (Å²) < 4.78 is 5.40. The van der Waals surface area contributed by atoms with Crippen molar-refractivity contribution in [1.29, 1.82) is 0 Å². The molecule has 18 heavy (non-hydrogen) atoms. The Balaban J connectivity index is 2.09. The SMILES string of the molecule is COc1ccccc1NC1CC(C)CC(C)(C)C1.